The van der Waals surface area contributed by atoms with Crippen LogP contribution < -0.4 is 5.32 Å². The lowest BCUT2D eigenvalue weighted by Crippen LogP contribution is -2.37. The average molecular weight is 552 g/mol. The summed E-state index contributed by atoms with van der Waals surface area (Å²) in [5.41, 5.74) is 3.06. The van der Waals surface area contributed by atoms with E-state index in [0.717, 1.165) is 49.1 Å². The van der Waals surface area contributed by atoms with Gasteiger partial charge in [-0.2, -0.15) is 13.2 Å². The Kier molecular flexibility index (Phi) is 7.84. The SMILES string of the molecule is CC1CCN(C(=O)c2ccc3c(c2)c2c(n3S(=O)(=O)c3ccccc3)CCNC2)CC1.O=C(O)C(F)(F)F. The summed E-state index contributed by atoms with van der Waals surface area (Å²) in [5.74, 6) is -2.07. The molecule has 3 aromatic rings. The van der Waals surface area contributed by atoms with Gasteiger partial charge in [0.1, 0.15) is 0 Å². The van der Waals surface area contributed by atoms with E-state index in [1.54, 1.807) is 36.4 Å². The number of nitrogens with zero attached hydrogens (tertiary/aromatic N) is 2. The Morgan fingerprint density at radius 2 is 1.68 bits per heavy atom. The maximum absolute atomic E-state index is 13.5. The molecule has 1 saturated heterocycles. The van der Waals surface area contributed by atoms with Crippen LogP contribution in [0.2, 0.25) is 0 Å². The molecule has 0 aliphatic carbocycles. The first kappa shape index (κ1) is 27.6. The van der Waals surface area contributed by atoms with Crippen LogP contribution in [0, 0.1) is 5.92 Å². The molecule has 1 fully saturated rings. The minimum atomic E-state index is -5.08. The van der Waals surface area contributed by atoms with E-state index in [1.165, 1.54) is 3.97 Å². The number of rotatable bonds is 3. The molecule has 8 nitrogen and oxygen atoms in total. The quantitative estimate of drug-likeness (QED) is 0.509. The first-order valence-electron chi connectivity index (χ1n) is 12.2. The highest BCUT2D eigenvalue weighted by Gasteiger charge is 2.38. The zero-order valence-electron chi connectivity index (χ0n) is 20.7. The van der Waals surface area contributed by atoms with E-state index >= 15 is 0 Å². The van der Waals surface area contributed by atoms with E-state index in [2.05, 4.69) is 12.2 Å². The smallest absolute Gasteiger partial charge is 0.475 e. The Morgan fingerprint density at radius 3 is 2.29 bits per heavy atom. The molecule has 2 N–H and O–H groups in total. The van der Waals surface area contributed by atoms with Crippen molar-refractivity contribution in [1.29, 1.82) is 0 Å². The predicted octanol–water partition coefficient (Wildman–Crippen LogP) is 4.03. The number of likely N-dealkylation sites (tertiary alicyclic amines) is 1. The van der Waals surface area contributed by atoms with Crippen LogP contribution >= 0.6 is 0 Å². The number of piperidine rings is 1. The second kappa shape index (κ2) is 10.8. The molecule has 2 aliphatic rings. The van der Waals surface area contributed by atoms with Gasteiger partial charge >= 0.3 is 12.1 Å². The van der Waals surface area contributed by atoms with E-state index in [9.17, 15) is 26.4 Å². The number of fused-ring (bicyclic) bond motifs is 3. The van der Waals surface area contributed by atoms with Gasteiger partial charge in [-0.25, -0.2) is 17.2 Å². The second-order valence-electron chi connectivity index (χ2n) is 9.44. The average Bonchev–Trinajstić information content (AvgIpc) is 3.23. The van der Waals surface area contributed by atoms with Gasteiger partial charge < -0.3 is 15.3 Å². The van der Waals surface area contributed by atoms with Crippen LogP contribution in [0.1, 0.15) is 41.4 Å². The van der Waals surface area contributed by atoms with E-state index in [-0.39, 0.29) is 10.8 Å². The number of hydrogen-bond donors (Lipinski definition) is 2. The summed E-state index contributed by atoms with van der Waals surface area (Å²) in [4.78, 5) is 24.2. The molecule has 5 rings (SSSR count). The number of alkyl halides is 3. The third-order valence-corrected chi connectivity index (χ3v) is 8.58. The Morgan fingerprint density at radius 1 is 1.05 bits per heavy atom. The third kappa shape index (κ3) is 5.56. The van der Waals surface area contributed by atoms with Crippen LogP contribution in [0.5, 0.6) is 0 Å². The van der Waals surface area contributed by atoms with E-state index < -0.39 is 22.2 Å². The molecule has 0 spiro atoms. The van der Waals surface area contributed by atoms with E-state index in [4.69, 9.17) is 9.90 Å². The summed E-state index contributed by atoms with van der Waals surface area (Å²) in [6, 6.07) is 14.0. The molecule has 0 unspecified atom stereocenters. The minimum absolute atomic E-state index is 0.0324. The van der Waals surface area contributed by atoms with Crippen molar-refractivity contribution in [3.8, 4) is 0 Å². The molecule has 12 heteroatoms. The van der Waals surface area contributed by atoms with Crippen LogP contribution in [0.3, 0.4) is 0 Å². The second-order valence-corrected chi connectivity index (χ2v) is 11.2. The zero-order valence-corrected chi connectivity index (χ0v) is 21.5. The number of nitrogens with one attached hydrogen (secondary N) is 1. The lowest BCUT2D eigenvalue weighted by molar-refractivity contribution is -0.192. The molecule has 1 amide bonds. The predicted molar refractivity (Wildman–Crippen MR) is 134 cm³/mol. The fraction of sp³-hybridized carbons (Fsp3) is 0.385. The maximum Gasteiger partial charge on any atom is 0.490 e. The third-order valence-electron chi connectivity index (χ3n) is 6.82. The number of halogens is 3. The van der Waals surface area contributed by atoms with Crippen molar-refractivity contribution in [1.82, 2.24) is 14.2 Å². The van der Waals surface area contributed by atoms with Gasteiger partial charge in [0.25, 0.3) is 15.9 Å². The summed E-state index contributed by atoms with van der Waals surface area (Å²) in [7, 11) is -3.73. The van der Waals surface area contributed by atoms with Gasteiger partial charge in [0, 0.05) is 49.2 Å². The van der Waals surface area contributed by atoms with Crippen molar-refractivity contribution in [2.45, 2.75) is 43.8 Å². The number of carbonyl (C=O) groups excluding carboxylic acids is 1. The largest absolute Gasteiger partial charge is 0.490 e. The van der Waals surface area contributed by atoms with Crippen LogP contribution in [0.4, 0.5) is 13.2 Å². The number of carboxylic acid groups (broad SMARTS) is 1. The van der Waals surface area contributed by atoms with Crippen molar-refractivity contribution in [3.63, 3.8) is 0 Å². The number of aliphatic carboxylic acids is 1. The number of carboxylic acids is 1. The van der Waals surface area contributed by atoms with Gasteiger partial charge in [0.15, 0.2) is 0 Å². The summed E-state index contributed by atoms with van der Waals surface area (Å²) >= 11 is 0. The first-order chi connectivity index (χ1) is 17.9. The molecular formula is C26H28F3N3O5S. The Hall–Kier alpha value is -3.38. The summed E-state index contributed by atoms with van der Waals surface area (Å²) in [6.45, 7) is 5.11. The van der Waals surface area contributed by atoms with Gasteiger partial charge in [-0.05, 0) is 54.7 Å². The molecule has 0 atom stereocenters. The molecule has 0 bridgehead atoms. The lowest BCUT2D eigenvalue weighted by Gasteiger charge is -2.30. The molecular weight excluding hydrogens is 523 g/mol. The summed E-state index contributed by atoms with van der Waals surface area (Å²) in [6.07, 6.45) is -2.40. The first-order valence-corrected chi connectivity index (χ1v) is 13.6. The number of amides is 1. The van der Waals surface area contributed by atoms with E-state index in [0.29, 0.717) is 30.0 Å². The molecule has 2 aliphatic heterocycles. The number of aromatic nitrogens is 1. The number of carbonyl (C=O) groups is 2. The monoisotopic (exact) mass is 551 g/mol. The molecule has 0 radical (unpaired) electrons. The van der Waals surface area contributed by atoms with Gasteiger partial charge in [0.2, 0.25) is 0 Å². The lowest BCUT2D eigenvalue weighted by atomic mass is 9.98. The van der Waals surface area contributed by atoms with Crippen molar-refractivity contribution in [2.75, 3.05) is 19.6 Å². The Labute approximate surface area is 218 Å². The molecule has 38 heavy (non-hydrogen) atoms. The topological polar surface area (TPSA) is 109 Å². The van der Waals surface area contributed by atoms with Gasteiger partial charge in [-0.1, -0.05) is 25.1 Å². The molecule has 1 aromatic heterocycles. The van der Waals surface area contributed by atoms with Crippen LogP contribution in [-0.2, 0) is 27.8 Å². The molecule has 204 valence electrons. The summed E-state index contributed by atoms with van der Waals surface area (Å²) in [5, 5.41) is 11.3. The van der Waals surface area contributed by atoms with Gasteiger partial charge in [-0.15, -0.1) is 0 Å². The fourth-order valence-electron chi connectivity index (χ4n) is 4.75. The van der Waals surface area contributed by atoms with Crippen LogP contribution in [0.15, 0.2) is 53.4 Å². The van der Waals surface area contributed by atoms with Crippen LogP contribution in [-0.4, -0.2) is 60.1 Å². The summed E-state index contributed by atoms with van der Waals surface area (Å²) < 4.78 is 60.3. The highest BCUT2D eigenvalue weighted by molar-refractivity contribution is 7.90. The molecule has 2 aromatic carbocycles. The standard InChI is InChI=1S/C24H27N3O3S.C2HF3O2/c1-17-10-13-26(14-11-17)24(28)18-7-8-22-20(15-18)21-16-25-12-9-23(21)27(22)31(29,30)19-5-3-2-4-6-19;3-2(4,5)1(6)7/h2-8,15,17,25H,9-14,16H2,1H3;(H,6,7). The Balaban J connectivity index is 0.000000426. The van der Waals surface area contributed by atoms with E-state index in [1.807, 2.05) is 17.0 Å². The number of benzene rings is 2. The van der Waals surface area contributed by atoms with Gasteiger partial charge in [-0.3, -0.25) is 4.79 Å². The normalized spacial score (nSPS) is 16.5. The van der Waals surface area contributed by atoms with Crippen molar-refractivity contribution < 1.29 is 36.3 Å². The van der Waals surface area contributed by atoms with Crippen molar-refractivity contribution in [3.05, 3.63) is 65.4 Å². The molecule has 3 heterocycles. The minimum Gasteiger partial charge on any atom is -0.475 e. The number of hydrogen-bond acceptors (Lipinski definition) is 5. The maximum atomic E-state index is 13.5. The van der Waals surface area contributed by atoms with Crippen molar-refractivity contribution in [2.24, 2.45) is 5.92 Å². The Bertz CT molecular complexity index is 1440. The van der Waals surface area contributed by atoms with Crippen molar-refractivity contribution >= 4 is 32.8 Å². The highest BCUT2D eigenvalue weighted by Crippen LogP contribution is 2.33. The highest BCUT2D eigenvalue weighted by atomic mass is 32.2. The fourth-order valence-corrected chi connectivity index (χ4v) is 6.37. The zero-order chi connectivity index (χ0) is 27.7. The van der Waals surface area contributed by atoms with Crippen LogP contribution in [0.25, 0.3) is 10.9 Å². The van der Waals surface area contributed by atoms with Gasteiger partial charge in [0.05, 0.1) is 10.4 Å². The molecule has 0 saturated carbocycles.